The van der Waals surface area contributed by atoms with E-state index in [1.54, 1.807) is 18.2 Å². The Hall–Kier alpha value is -1.90. The molecular weight excluding hydrogens is 394 g/mol. The minimum absolute atomic E-state index is 0.0569. The van der Waals surface area contributed by atoms with Crippen LogP contribution in [0.15, 0.2) is 51.8 Å². The molecule has 126 valence electrons. The van der Waals surface area contributed by atoms with Gasteiger partial charge in [-0.2, -0.15) is 0 Å². The first-order valence-electron chi connectivity index (χ1n) is 7.29. The number of amides is 1. The summed E-state index contributed by atoms with van der Waals surface area (Å²) in [5.74, 6) is -0.161. The predicted octanol–water partition coefficient (Wildman–Crippen LogP) is 2.10. The number of primary sulfonamides is 1. The van der Waals surface area contributed by atoms with E-state index >= 15 is 0 Å². The summed E-state index contributed by atoms with van der Waals surface area (Å²) < 4.78 is 23.9. The van der Waals surface area contributed by atoms with E-state index in [2.05, 4.69) is 21.2 Å². The maximum Gasteiger partial charge on any atom is 0.243 e. The molecule has 24 heavy (non-hydrogen) atoms. The Balaban J connectivity index is 1.74. The highest BCUT2D eigenvalue weighted by Crippen LogP contribution is 2.30. The van der Waals surface area contributed by atoms with Crippen LogP contribution in [-0.2, 0) is 21.2 Å². The number of nitrogens with zero attached hydrogens (tertiary/aromatic N) is 1. The molecular formula is C16H16BrN3O3S. The Kier molecular flexibility index (Phi) is 4.62. The molecule has 0 atom stereocenters. The van der Waals surface area contributed by atoms with Crippen LogP contribution in [0, 0.1) is 0 Å². The summed E-state index contributed by atoms with van der Waals surface area (Å²) in [5.41, 5.74) is 2.47. The van der Waals surface area contributed by atoms with Gasteiger partial charge in [0.2, 0.25) is 15.9 Å². The molecule has 1 amide bonds. The maximum absolute atomic E-state index is 12.2. The third-order valence-electron chi connectivity index (χ3n) is 3.84. The fourth-order valence-electron chi connectivity index (χ4n) is 2.67. The number of nitrogens with two attached hydrogens (primary N) is 1. The molecule has 1 aliphatic heterocycles. The second kappa shape index (κ2) is 6.54. The summed E-state index contributed by atoms with van der Waals surface area (Å²) in [6, 6.07) is 12.1. The lowest BCUT2D eigenvalue weighted by Crippen LogP contribution is -2.32. The van der Waals surface area contributed by atoms with Crippen LogP contribution < -0.4 is 15.4 Å². The summed E-state index contributed by atoms with van der Waals surface area (Å²) in [6.45, 7) is 0.814. The molecule has 0 saturated carbocycles. The van der Waals surface area contributed by atoms with E-state index in [4.69, 9.17) is 5.14 Å². The van der Waals surface area contributed by atoms with E-state index in [0.29, 0.717) is 12.2 Å². The van der Waals surface area contributed by atoms with Crippen molar-refractivity contribution in [1.29, 1.82) is 0 Å². The number of fused-ring (bicyclic) bond motifs is 1. The molecule has 1 heterocycles. The topological polar surface area (TPSA) is 92.5 Å². The summed E-state index contributed by atoms with van der Waals surface area (Å²) in [4.78, 5) is 14.2. The first kappa shape index (κ1) is 16.9. The van der Waals surface area contributed by atoms with Crippen molar-refractivity contribution >= 4 is 43.2 Å². The SMILES string of the molecule is NS(=O)(=O)c1ccc2c(c1)N(CC(=O)Nc1ccc(Br)cc1)CC2. The number of nitrogens with one attached hydrogen (secondary N) is 1. The van der Waals surface area contributed by atoms with Gasteiger partial charge in [-0.1, -0.05) is 22.0 Å². The van der Waals surface area contributed by atoms with E-state index in [0.717, 1.165) is 22.1 Å². The van der Waals surface area contributed by atoms with Crippen LogP contribution in [0.3, 0.4) is 0 Å². The van der Waals surface area contributed by atoms with Crippen LogP contribution in [0.4, 0.5) is 11.4 Å². The van der Waals surface area contributed by atoms with E-state index < -0.39 is 10.0 Å². The van der Waals surface area contributed by atoms with Gasteiger partial charge in [-0.25, -0.2) is 13.6 Å². The monoisotopic (exact) mass is 409 g/mol. The summed E-state index contributed by atoms with van der Waals surface area (Å²) in [6.07, 6.45) is 0.770. The highest BCUT2D eigenvalue weighted by molar-refractivity contribution is 9.10. The highest BCUT2D eigenvalue weighted by Gasteiger charge is 2.23. The number of carbonyl (C=O) groups excluding carboxylic acids is 1. The molecule has 0 aliphatic carbocycles. The zero-order chi connectivity index (χ0) is 17.3. The van der Waals surface area contributed by atoms with Crippen molar-refractivity contribution in [1.82, 2.24) is 0 Å². The van der Waals surface area contributed by atoms with Crippen LogP contribution in [0.2, 0.25) is 0 Å². The van der Waals surface area contributed by atoms with Gasteiger partial charge in [0, 0.05) is 22.4 Å². The van der Waals surface area contributed by atoms with Gasteiger partial charge in [0.25, 0.3) is 0 Å². The lowest BCUT2D eigenvalue weighted by molar-refractivity contribution is -0.115. The van der Waals surface area contributed by atoms with Crippen molar-refractivity contribution in [2.45, 2.75) is 11.3 Å². The number of rotatable bonds is 4. The zero-order valence-electron chi connectivity index (χ0n) is 12.7. The summed E-state index contributed by atoms with van der Waals surface area (Å²) in [5, 5.41) is 8.01. The first-order chi connectivity index (χ1) is 11.3. The van der Waals surface area contributed by atoms with Crippen LogP contribution in [0.25, 0.3) is 0 Å². The van der Waals surface area contributed by atoms with Gasteiger partial charge in [-0.3, -0.25) is 4.79 Å². The van der Waals surface area contributed by atoms with Gasteiger partial charge in [-0.15, -0.1) is 0 Å². The van der Waals surface area contributed by atoms with Gasteiger partial charge < -0.3 is 10.2 Å². The molecule has 2 aromatic rings. The number of benzene rings is 2. The molecule has 6 nitrogen and oxygen atoms in total. The molecule has 0 radical (unpaired) electrons. The molecule has 0 bridgehead atoms. The van der Waals surface area contributed by atoms with Crippen LogP contribution in [-0.4, -0.2) is 27.4 Å². The van der Waals surface area contributed by atoms with Gasteiger partial charge in [0.05, 0.1) is 11.4 Å². The molecule has 2 aromatic carbocycles. The lowest BCUT2D eigenvalue weighted by Gasteiger charge is -2.19. The summed E-state index contributed by atoms with van der Waals surface area (Å²) >= 11 is 3.34. The van der Waals surface area contributed by atoms with E-state index in [1.807, 2.05) is 17.0 Å². The second-order valence-corrected chi connectivity index (χ2v) is 8.04. The Morgan fingerprint density at radius 1 is 1.21 bits per heavy atom. The molecule has 3 N–H and O–H groups in total. The predicted molar refractivity (Wildman–Crippen MR) is 96.5 cm³/mol. The van der Waals surface area contributed by atoms with Crippen molar-refractivity contribution in [3.8, 4) is 0 Å². The Morgan fingerprint density at radius 2 is 1.92 bits per heavy atom. The number of carbonyl (C=O) groups is 1. The molecule has 3 rings (SSSR count). The van der Waals surface area contributed by atoms with Crippen molar-refractivity contribution in [3.05, 3.63) is 52.5 Å². The molecule has 8 heteroatoms. The normalized spacial score (nSPS) is 13.7. The van der Waals surface area contributed by atoms with E-state index in [-0.39, 0.29) is 17.3 Å². The average molecular weight is 410 g/mol. The van der Waals surface area contributed by atoms with Crippen LogP contribution in [0.5, 0.6) is 0 Å². The average Bonchev–Trinajstić information content (AvgIpc) is 2.91. The van der Waals surface area contributed by atoms with Crippen LogP contribution in [0.1, 0.15) is 5.56 Å². The van der Waals surface area contributed by atoms with E-state index in [1.165, 1.54) is 12.1 Å². The number of sulfonamides is 1. The van der Waals surface area contributed by atoms with Gasteiger partial charge in [-0.05, 0) is 48.4 Å². The zero-order valence-corrected chi connectivity index (χ0v) is 15.1. The molecule has 0 unspecified atom stereocenters. The molecule has 1 aliphatic rings. The van der Waals surface area contributed by atoms with Gasteiger partial charge in [0.15, 0.2) is 0 Å². The molecule has 0 spiro atoms. The lowest BCUT2D eigenvalue weighted by atomic mass is 10.2. The highest BCUT2D eigenvalue weighted by atomic mass is 79.9. The Bertz CT molecular complexity index is 882. The van der Waals surface area contributed by atoms with Crippen molar-refractivity contribution < 1.29 is 13.2 Å². The summed E-state index contributed by atoms with van der Waals surface area (Å²) in [7, 11) is -3.76. The minimum Gasteiger partial charge on any atom is -0.362 e. The first-order valence-corrected chi connectivity index (χ1v) is 9.63. The quantitative estimate of drug-likeness (QED) is 0.808. The minimum atomic E-state index is -3.76. The molecule has 0 saturated heterocycles. The number of hydrogen-bond donors (Lipinski definition) is 2. The van der Waals surface area contributed by atoms with Crippen molar-refractivity contribution in [2.75, 3.05) is 23.3 Å². The number of hydrogen-bond acceptors (Lipinski definition) is 4. The Morgan fingerprint density at radius 3 is 2.58 bits per heavy atom. The van der Waals surface area contributed by atoms with Crippen LogP contribution >= 0.6 is 15.9 Å². The van der Waals surface area contributed by atoms with Crippen molar-refractivity contribution in [2.24, 2.45) is 5.14 Å². The largest absolute Gasteiger partial charge is 0.362 e. The maximum atomic E-state index is 12.2. The standard InChI is InChI=1S/C16H16BrN3O3S/c17-12-2-4-13(5-3-12)19-16(21)10-20-8-7-11-1-6-14(9-15(11)20)24(18,22)23/h1-6,9H,7-8,10H2,(H,19,21)(H2,18,22,23). The van der Waals surface area contributed by atoms with Crippen molar-refractivity contribution in [3.63, 3.8) is 0 Å². The number of anilines is 2. The Labute approximate surface area is 148 Å². The van der Waals surface area contributed by atoms with Gasteiger partial charge >= 0.3 is 0 Å². The second-order valence-electron chi connectivity index (χ2n) is 5.56. The molecule has 0 aromatic heterocycles. The smallest absolute Gasteiger partial charge is 0.243 e. The molecule has 0 fully saturated rings. The fraction of sp³-hybridized carbons (Fsp3) is 0.188. The van der Waals surface area contributed by atoms with Gasteiger partial charge in [0.1, 0.15) is 0 Å². The third kappa shape index (κ3) is 3.77. The van der Waals surface area contributed by atoms with E-state index in [9.17, 15) is 13.2 Å². The third-order valence-corrected chi connectivity index (χ3v) is 5.28. The fourth-order valence-corrected chi connectivity index (χ4v) is 3.47. The number of halogens is 1.